The molecule has 320 valence electrons. The van der Waals surface area contributed by atoms with Gasteiger partial charge in [-0.3, -0.25) is 0 Å². The Hall–Kier alpha value is -6.76. The van der Waals surface area contributed by atoms with Crippen molar-refractivity contribution in [2.75, 3.05) is 4.81 Å². The molecule has 0 spiro atoms. The minimum atomic E-state index is -0.175. The van der Waals surface area contributed by atoms with Gasteiger partial charge in [-0.1, -0.05) is 123 Å². The molecule has 4 nitrogen and oxygen atoms in total. The molecule has 0 bridgehead atoms. The van der Waals surface area contributed by atoms with Gasteiger partial charge in [0.15, 0.2) is 0 Å². The van der Waals surface area contributed by atoms with Gasteiger partial charge < -0.3 is 18.2 Å². The number of fused-ring (bicyclic) bond motifs is 19. The lowest BCUT2D eigenvalue weighted by atomic mass is 9.43. The van der Waals surface area contributed by atoms with Gasteiger partial charge in [-0.2, -0.15) is 0 Å². The predicted molar refractivity (Wildman–Crippen MR) is 283 cm³/mol. The largest absolute Gasteiger partial charge is 0.456 e. The van der Waals surface area contributed by atoms with E-state index in [-0.39, 0.29) is 23.1 Å². The van der Waals surface area contributed by atoms with E-state index in [0.717, 1.165) is 49.9 Å². The normalized spacial score (nSPS) is 14.1. The van der Waals surface area contributed by atoms with Gasteiger partial charge in [0.05, 0.1) is 16.4 Å². The first-order chi connectivity index (χ1) is 31.6. The van der Waals surface area contributed by atoms with Gasteiger partial charge in [0.2, 0.25) is 0 Å². The molecule has 0 aliphatic carbocycles. The molecule has 0 atom stereocenters. The minimum Gasteiger partial charge on any atom is -0.456 e. The third-order valence-corrected chi connectivity index (χ3v) is 16.2. The van der Waals surface area contributed by atoms with Crippen LogP contribution in [0.5, 0.6) is 0 Å². The summed E-state index contributed by atoms with van der Waals surface area (Å²) in [5.41, 5.74) is 18.5. The number of furan rings is 2. The summed E-state index contributed by atoms with van der Waals surface area (Å²) in [4.78, 5) is 2.64. The van der Waals surface area contributed by atoms with Gasteiger partial charge in [-0.25, -0.2) is 0 Å². The van der Waals surface area contributed by atoms with Gasteiger partial charge in [0.25, 0.3) is 0 Å². The number of hydrogen-bond donors (Lipinski definition) is 0. The Balaban J connectivity index is 1.23. The second-order valence-corrected chi connectivity index (χ2v) is 23.2. The summed E-state index contributed by atoms with van der Waals surface area (Å²) in [6, 6.07) is 50.7. The topological polar surface area (TPSA) is 34.5 Å². The van der Waals surface area contributed by atoms with E-state index in [2.05, 4.69) is 205 Å². The maximum atomic E-state index is 7.27. The van der Waals surface area contributed by atoms with Gasteiger partial charge in [0, 0.05) is 75.8 Å². The third-order valence-electron chi connectivity index (χ3n) is 15.0. The third kappa shape index (κ3) is 5.06. The summed E-state index contributed by atoms with van der Waals surface area (Å²) in [5, 5.41) is 9.59. The van der Waals surface area contributed by atoms with Crippen LogP contribution in [0, 0.1) is 0 Å². The molecular weight excluding hydrogens is 824 g/mol. The highest BCUT2D eigenvalue weighted by Crippen LogP contribution is 2.53. The SMILES string of the molecule is CC(C)(C)c1ccc(N2B3c4cc5sc6ccccc6c5cc4-n4c5ccc(C(C)(C)C)cc5c5c6oc7ccccc7c6c(c3c54)-c3cc4c(cc32)oc2ccc(C(C)(C)C)cc24)cc1. The Morgan fingerprint density at radius 3 is 1.89 bits per heavy atom. The average Bonchev–Trinajstić information content (AvgIpc) is 4.04. The quantitative estimate of drug-likeness (QED) is 0.154. The lowest BCUT2D eigenvalue weighted by Crippen LogP contribution is -2.60. The van der Waals surface area contributed by atoms with E-state index < -0.39 is 0 Å². The zero-order chi connectivity index (χ0) is 44.9. The molecule has 0 N–H and O–H groups in total. The zero-order valence-corrected chi connectivity index (χ0v) is 39.7. The van der Waals surface area contributed by atoms with Crippen molar-refractivity contribution >= 4 is 126 Å². The van der Waals surface area contributed by atoms with Gasteiger partial charge >= 0.3 is 6.85 Å². The van der Waals surface area contributed by atoms with Crippen molar-refractivity contribution in [3.05, 3.63) is 150 Å². The highest BCUT2D eigenvalue weighted by molar-refractivity contribution is 7.26. The van der Waals surface area contributed by atoms with Crippen molar-refractivity contribution < 1.29 is 8.83 Å². The molecule has 4 aromatic heterocycles. The van der Waals surface area contributed by atoms with Crippen LogP contribution < -0.4 is 15.7 Å². The molecule has 2 aliphatic heterocycles. The van der Waals surface area contributed by atoms with Crippen LogP contribution in [0.25, 0.3) is 103 Å². The number of hydrogen-bond acceptors (Lipinski definition) is 4. The molecule has 0 unspecified atom stereocenters. The van der Waals surface area contributed by atoms with E-state index in [4.69, 9.17) is 8.83 Å². The van der Waals surface area contributed by atoms with E-state index in [1.165, 1.54) is 91.8 Å². The van der Waals surface area contributed by atoms with Crippen LogP contribution in [0.2, 0.25) is 0 Å². The number of aromatic nitrogens is 1. The highest BCUT2D eigenvalue weighted by Gasteiger charge is 2.46. The Bertz CT molecular complexity index is 4120. The van der Waals surface area contributed by atoms with Crippen LogP contribution in [-0.2, 0) is 16.2 Å². The minimum absolute atomic E-state index is 0.00839. The van der Waals surface area contributed by atoms with Crippen molar-refractivity contribution in [1.29, 1.82) is 0 Å². The first kappa shape index (κ1) is 38.5. The average molecular weight is 873 g/mol. The van der Waals surface area contributed by atoms with Crippen LogP contribution in [-0.4, -0.2) is 11.4 Å². The predicted octanol–water partition coefficient (Wildman–Crippen LogP) is 16.1. The fraction of sp³-hybridized carbons (Fsp3) is 0.200. The van der Waals surface area contributed by atoms with Crippen LogP contribution in [0.1, 0.15) is 79.0 Å². The number of thiophene rings is 1. The van der Waals surface area contributed by atoms with E-state index in [0.29, 0.717) is 0 Å². The Morgan fingerprint density at radius 2 is 1.14 bits per heavy atom. The summed E-state index contributed by atoms with van der Waals surface area (Å²) in [6.07, 6.45) is 0. The van der Waals surface area contributed by atoms with Crippen LogP contribution >= 0.6 is 11.3 Å². The molecule has 0 radical (unpaired) electrons. The molecule has 0 saturated carbocycles. The first-order valence-electron chi connectivity index (χ1n) is 23.4. The van der Waals surface area contributed by atoms with Gasteiger partial charge in [0.1, 0.15) is 22.3 Å². The Morgan fingerprint density at radius 1 is 0.485 bits per heavy atom. The molecule has 12 aromatic rings. The number of nitrogens with zero attached hydrogens (tertiary/aromatic N) is 2. The Labute approximate surface area is 388 Å². The number of rotatable bonds is 1. The molecular formula is C60H49BN2O2S. The first-order valence-corrected chi connectivity index (χ1v) is 24.3. The second-order valence-electron chi connectivity index (χ2n) is 22.1. The fourth-order valence-electron chi connectivity index (χ4n) is 11.6. The monoisotopic (exact) mass is 872 g/mol. The van der Waals surface area contributed by atoms with E-state index >= 15 is 0 Å². The van der Waals surface area contributed by atoms with Crippen molar-refractivity contribution in [2.24, 2.45) is 0 Å². The highest BCUT2D eigenvalue weighted by atomic mass is 32.1. The summed E-state index contributed by atoms with van der Waals surface area (Å²) in [6.45, 7) is 20.5. The molecule has 0 fully saturated rings. The summed E-state index contributed by atoms with van der Waals surface area (Å²) >= 11 is 1.90. The smallest absolute Gasteiger partial charge is 0.333 e. The number of para-hydroxylation sites is 1. The number of benzene rings is 8. The van der Waals surface area contributed by atoms with Crippen molar-refractivity contribution in [1.82, 2.24) is 4.57 Å². The molecule has 0 amide bonds. The maximum absolute atomic E-state index is 7.27. The van der Waals surface area contributed by atoms with Gasteiger partial charge in [-0.15, -0.1) is 11.3 Å². The van der Waals surface area contributed by atoms with Gasteiger partial charge in [-0.05, 0) is 116 Å². The molecule has 8 aromatic carbocycles. The second kappa shape index (κ2) is 12.6. The van der Waals surface area contributed by atoms with E-state index in [9.17, 15) is 0 Å². The lowest BCUT2D eigenvalue weighted by molar-refractivity contribution is 0.590. The van der Waals surface area contributed by atoms with Crippen LogP contribution in [0.15, 0.2) is 142 Å². The zero-order valence-electron chi connectivity index (χ0n) is 38.9. The van der Waals surface area contributed by atoms with Crippen LogP contribution in [0.3, 0.4) is 0 Å². The number of anilines is 2. The lowest BCUT2D eigenvalue weighted by Gasteiger charge is -2.42. The van der Waals surface area contributed by atoms with Crippen molar-refractivity contribution in [3.63, 3.8) is 0 Å². The van der Waals surface area contributed by atoms with Crippen molar-refractivity contribution in [3.8, 4) is 16.8 Å². The van der Waals surface area contributed by atoms with Crippen LogP contribution in [0.4, 0.5) is 11.4 Å². The molecule has 6 heteroatoms. The summed E-state index contributed by atoms with van der Waals surface area (Å²) in [7, 11) is 0. The van der Waals surface area contributed by atoms with E-state index in [1.54, 1.807) is 0 Å². The molecule has 66 heavy (non-hydrogen) atoms. The molecule has 14 rings (SSSR count). The molecule has 2 aliphatic rings. The van der Waals surface area contributed by atoms with Crippen molar-refractivity contribution in [2.45, 2.75) is 78.6 Å². The molecule has 0 saturated heterocycles. The fourth-order valence-corrected chi connectivity index (χ4v) is 12.7. The van der Waals surface area contributed by atoms with E-state index in [1.807, 2.05) is 11.3 Å². The summed E-state index contributed by atoms with van der Waals surface area (Å²) < 4.78 is 19.4. The standard InChI is InChI=1S/C60H49BN2O2S/c1-58(2,3)32-18-22-35(23-19-32)63-45-31-49-39(38-26-34(60(7,8)9)21-25-48(38)64-49)28-42(45)52-53-37-15-10-12-16-47(37)65-57(53)54-41-27-33(59(4,5)6)20-24-44(41)62-46-29-40-36-14-11-13-17-50(36)66-51(40)30-43(46)61(63)55(52)56(54)62/h10-31H,1-9H3. The maximum Gasteiger partial charge on any atom is 0.333 e. The summed E-state index contributed by atoms with van der Waals surface area (Å²) in [5.74, 6) is 0. The Kier molecular flexibility index (Phi) is 7.33. The molecule has 6 heterocycles.